The van der Waals surface area contributed by atoms with Crippen molar-refractivity contribution in [1.82, 2.24) is 25.7 Å². The molecule has 1 atom stereocenters. The van der Waals surface area contributed by atoms with Crippen LogP contribution in [-0.2, 0) is 17.8 Å². The number of carbonyl (C=O) groups excluding carboxylic acids is 3. The van der Waals surface area contributed by atoms with Crippen LogP contribution in [0.5, 0.6) is 0 Å². The molecule has 10 heteroatoms. The maximum atomic E-state index is 13.1. The molecular formula is C19H21FN6O3. The molecule has 2 aliphatic heterocycles. The number of hydrogen-bond acceptors (Lipinski definition) is 4. The molecule has 3 heterocycles. The Morgan fingerprint density at radius 1 is 1.28 bits per heavy atom. The van der Waals surface area contributed by atoms with E-state index in [9.17, 15) is 18.8 Å². The zero-order chi connectivity index (χ0) is 20.5. The van der Waals surface area contributed by atoms with Gasteiger partial charge in [-0.15, -0.1) is 0 Å². The number of rotatable bonds is 3. The molecular weight excluding hydrogens is 379 g/mol. The van der Waals surface area contributed by atoms with Crippen LogP contribution < -0.4 is 15.5 Å². The van der Waals surface area contributed by atoms with E-state index in [0.717, 1.165) is 5.69 Å². The molecule has 0 bridgehead atoms. The molecule has 152 valence electrons. The van der Waals surface area contributed by atoms with E-state index in [2.05, 4.69) is 20.8 Å². The summed E-state index contributed by atoms with van der Waals surface area (Å²) in [7, 11) is 1.53. The number of benzene rings is 1. The third-order valence-electron chi connectivity index (χ3n) is 5.25. The average molecular weight is 400 g/mol. The van der Waals surface area contributed by atoms with Gasteiger partial charge < -0.3 is 20.4 Å². The van der Waals surface area contributed by atoms with Crippen LogP contribution in [0.4, 0.5) is 14.9 Å². The van der Waals surface area contributed by atoms with Crippen molar-refractivity contribution in [2.24, 2.45) is 0 Å². The first-order valence-electron chi connectivity index (χ1n) is 9.36. The average Bonchev–Trinajstić information content (AvgIpc) is 3.30. The summed E-state index contributed by atoms with van der Waals surface area (Å²) in [5, 5.41) is 12.3. The predicted molar refractivity (Wildman–Crippen MR) is 102 cm³/mol. The van der Waals surface area contributed by atoms with E-state index in [0.29, 0.717) is 36.5 Å². The molecule has 0 spiro atoms. The zero-order valence-electron chi connectivity index (χ0n) is 15.9. The second kappa shape index (κ2) is 7.53. The van der Waals surface area contributed by atoms with Crippen LogP contribution in [0, 0.1) is 5.82 Å². The molecule has 4 rings (SSSR count). The number of anilines is 1. The Morgan fingerprint density at radius 2 is 2.03 bits per heavy atom. The predicted octanol–water partition coefficient (Wildman–Crippen LogP) is 0.782. The number of amides is 4. The molecule has 4 amide bonds. The lowest BCUT2D eigenvalue weighted by molar-refractivity contribution is -0.117. The monoisotopic (exact) mass is 400 g/mol. The highest BCUT2D eigenvalue weighted by Crippen LogP contribution is 2.23. The molecule has 0 saturated carbocycles. The Hall–Kier alpha value is -3.43. The lowest BCUT2D eigenvalue weighted by Gasteiger charge is -2.28. The first kappa shape index (κ1) is 18.9. The van der Waals surface area contributed by atoms with E-state index in [-0.39, 0.29) is 42.7 Å². The van der Waals surface area contributed by atoms with Gasteiger partial charge in [0.05, 0.1) is 12.6 Å². The van der Waals surface area contributed by atoms with Crippen molar-refractivity contribution in [1.29, 1.82) is 0 Å². The molecule has 0 aliphatic carbocycles. The molecule has 9 nitrogen and oxygen atoms in total. The number of halogens is 1. The van der Waals surface area contributed by atoms with E-state index < -0.39 is 0 Å². The van der Waals surface area contributed by atoms with Crippen LogP contribution in [0.1, 0.15) is 28.2 Å². The highest BCUT2D eigenvalue weighted by molar-refractivity contribution is 5.97. The Morgan fingerprint density at radius 3 is 2.76 bits per heavy atom. The summed E-state index contributed by atoms with van der Waals surface area (Å²) in [6.45, 7) is 1.07. The van der Waals surface area contributed by atoms with Crippen molar-refractivity contribution in [3.63, 3.8) is 0 Å². The van der Waals surface area contributed by atoms with Gasteiger partial charge in [0, 0.05) is 49.9 Å². The van der Waals surface area contributed by atoms with Crippen molar-refractivity contribution in [2.75, 3.05) is 25.0 Å². The number of carbonyl (C=O) groups is 3. The van der Waals surface area contributed by atoms with Crippen LogP contribution >= 0.6 is 0 Å². The summed E-state index contributed by atoms with van der Waals surface area (Å²) in [4.78, 5) is 40.2. The molecule has 1 fully saturated rings. The smallest absolute Gasteiger partial charge is 0.318 e. The Balaban J connectivity index is 1.40. The maximum absolute atomic E-state index is 13.1. The summed E-state index contributed by atoms with van der Waals surface area (Å²) >= 11 is 0. The topological polar surface area (TPSA) is 110 Å². The minimum absolute atomic E-state index is 0.125. The molecule has 1 saturated heterocycles. The van der Waals surface area contributed by atoms with Crippen LogP contribution in [-0.4, -0.2) is 59.1 Å². The number of aromatic amines is 1. The minimum Gasteiger partial charge on any atom is -0.354 e. The van der Waals surface area contributed by atoms with Gasteiger partial charge in [-0.3, -0.25) is 14.7 Å². The van der Waals surface area contributed by atoms with Crippen molar-refractivity contribution in [2.45, 2.75) is 25.4 Å². The number of fused-ring (bicyclic) bond motifs is 1. The fourth-order valence-electron chi connectivity index (χ4n) is 3.72. The van der Waals surface area contributed by atoms with Crippen LogP contribution in [0.2, 0.25) is 0 Å². The van der Waals surface area contributed by atoms with Gasteiger partial charge in [0.1, 0.15) is 5.82 Å². The quantitative estimate of drug-likeness (QED) is 0.707. The van der Waals surface area contributed by atoms with Crippen LogP contribution in [0.3, 0.4) is 0 Å². The number of H-pyrrole nitrogens is 1. The summed E-state index contributed by atoms with van der Waals surface area (Å²) in [6.07, 6.45) is 0.745. The Kier molecular flexibility index (Phi) is 4.91. The van der Waals surface area contributed by atoms with Crippen LogP contribution in [0.15, 0.2) is 24.3 Å². The van der Waals surface area contributed by atoms with E-state index in [1.54, 1.807) is 21.9 Å². The third-order valence-corrected chi connectivity index (χ3v) is 5.25. The standard InChI is InChI=1S/C19H21FN6O3/c1-21-18(28)17-14-10-25(7-6-15(14)23-24-17)19(29)22-12-8-16(27)26(9-12)13-4-2-11(20)3-5-13/h2-5,12H,6-10H2,1H3,(H,21,28)(H,22,29)(H,23,24). The van der Waals surface area contributed by atoms with Gasteiger partial charge in [0.2, 0.25) is 5.91 Å². The summed E-state index contributed by atoms with van der Waals surface area (Å²) < 4.78 is 13.1. The lowest BCUT2D eigenvalue weighted by atomic mass is 10.1. The zero-order valence-corrected chi connectivity index (χ0v) is 15.9. The largest absolute Gasteiger partial charge is 0.354 e. The SMILES string of the molecule is CNC(=O)c1n[nH]c2c1CN(C(=O)NC1CC(=O)N(c3ccc(F)cc3)C1)CC2. The van der Waals surface area contributed by atoms with Gasteiger partial charge in [-0.25, -0.2) is 9.18 Å². The Bertz CT molecular complexity index is 957. The first-order chi connectivity index (χ1) is 14.0. The molecule has 1 aromatic heterocycles. The van der Waals surface area contributed by atoms with Gasteiger partial charge >= 0.3 is 6.03 Å². The summed E-state index contributed by atoms with van der Waals surface area (Å²) in [5.41, 5.74) is 2.45. The molecule has 2 aromatic rings. The first-order valence-corrected chi connectivity index (χ1v) is 9.36. The fraction of sp³-hybridized carbons (Fsp3) is 0.368. The van der Waals surface area contributed by atoms with Gasteiger partial charge in [0.25, 0.3) is 5.91 Å². The van der Waals surface area contributed by atoms with Crippen molar-refractivity contribution in [3.8, 4) is 0 Å². The second-order valence-electron chi connectivity index (χ2n) is 7.11. The summed E-state index contributed by atoms with van der Waals surface area (Å²) in [6, 6.07) is 5.05. The van der Waals surface area contributed by atoms with Gasteiger partial charge in [-0.05, 0) is 24.3 Å². The maximum Gasteiger partial charge on any atom is 0.318 e. The summed E-state index contributed by atoms with van der Waals surface area (Å²) in [5.74, 6) is -0.800. The molecule has 29 heavy (non-hydrogen) atoms. The molecule has 3 N–H and O–H groups in total. The fourth-order valence-corrected chi connectivity index (χ4v) is 3.72. The third kappa shape index (κ3) is 3.65. The van der Waals surface area contributed by atoms with Crippen molar-refractivity contribution >= 4 is 23.5 Å². The molecule has 1 unspecified atom stereocenters. The van der Waals surface area contributed by atoms with E-state index >= 15 is 0 Å². The Labute approximate surface area is 166 Å². The van der Waals surface area contributed by atoms with E-state index in [1.807, 2.05) is 0 Å². The van der Waals surface area contributed by atoms with Gasteiger partial charge in [-0.1, -0.05) is 0 Å². The number of urea groups is 1. The van der Waals surface area contributed by atoms with Crippen molar-refractivity contribution in [3.05, 3.63) is 47.0 Å². The number of aromatic nitrogens is 2. The number of nitrogens with one attached hydrogen (secondary N) is 3. The lowest BCUT2D eigenvalue weighted by Crippen LogP contribution is -2.47. The van der Waals surface area contributed by atoms with Gasteiger partial charge in [0.15, 0.2) is 5.69 Å². The highest BCUT2D eigenvalue weighted by atomic mass is 19.1. The number of nitrogens with zero attached hydrogens (tertiary/aromatic N) is 3. The minimum atomic E-state index is -0.370. The molecule has 1 aromatic carbocycles. The molecule has 0 radical (unpaired) electrons. The number of hydrogen-bond donors (Lipinski definition) is 3. The second-order valence-corrected chi connectivity index (χ2v) is 7.11. The van der Waals surface area contributed by atoms with E-state index in [4.69, 9.17) is 0 Å². The normalized spacial score (nSPS) is 18.6. The van der Waals surface area contributed by atoms with Gasteiger partial charge in [-0.2, -0.15) is 5.10 Å². The van der Waals surface area contributed by atoms with Crippen LogP contribution in [0.25, 0.3) is 0 Å². The van der Waals surface area contributed by atoms with E-state index in [1.165, 1.54) is 19.2 Å². The van der Waals surface area contributed by atoms with Crippen molar-refractivity contribution < 1.29 is 18.8 Å². The highest BCUT2D eigenvalue weighted by Gasteiger charge is 2.34. The molecule has 2 aliphatic rings.